The maximum absolute atomic E-state index is 11.4. The van der Waals surface area contributed by atoms with Crippen LogP contribution < -0.4 is 0 Å². The van der Waals surface area contributed by atoms with Crippen molar-refractivity contribution < 1.29 is 23.8 Å². The molecule has 2 heterocycles. The molecule has 0 aromatic carbocycles. The summed E-state index contributed by atoms with van der Waals surface area (Å²) in [5, 5.41) is 0. The first-order valence-corrected chi connectivity index (χ1v) is 4.89. The number of rotatable bonds is 2. The fourth-order valence-corrected chi connectivity index (χ4v) is 1.97. The molecule has 0 saturated heterocycles. The van der Waals surface area contributed by atoms with Gasteiger partial charge in [0.2, 0.25) is 5.76 Å². The number of hydrogen-bond donors (Lipinski definition) is 0. The molecule has 2 unspecified atom stereocenters. The van der Waals surface area contributed by atoms with Gasteiger partial charge in [0, 0.05) is 5.57 Å². The molecule has 0 amide bonds. The number of hydrogen-bond acceptors (Lipinski definition) is 5. The molecule has 5 heteroatoms. The van der Waals surface area contributed by atoms with E-state index in [1.165, 1.54) is 14.0 Å². The molecule has 2 aliphatic heterocycles. The van der Waals surface area contributed by atoms with Gasteiger partial charge in [0.05, 0.1) is 13.0 Å². The van der Waals surface area contributed by atoms with Crippen molar-refractivity contribution in [3.63, 3.8) is 0 Å². The van der Waals surface area contributed by atoms with Crippen molar-refractivity contribution in [1.29, 1.82) is 0 Å². The second-order valence-electron chi connectivity index (χ2n) is 3.68. The lowest BCUT2D eigenvalue weighted by Gasteiger charge is -2.11. The van der Waals surface area contributed by atoms with E-state index >= 15 is 0 Å². The van der Waals surface area contributed by atoms with E-state index in [2.05, 4.69) is 4.74 Å². The monoisotopic (exact) mass is 224 g/mol. The van der Waals surface area contributed by atoms with Gasteiger partial charge in [0.1, 0.15) is 5.76 Å². The summed E-state index contributed by atoms with van der Waals surface area (Å²) in [7, 11) is 1.27. The summed E-state index contributed by atoms with van der Waals surface area (Å²) in [5.41, 5.74) is 0.559. The Labute approximate surface area is 92.7 Å². The van der Waals surface area contributed by atoms with Crippen molar-refractivity contribution >= 4 is 11.8 Å². The van der Waals surface area contributed by atoms with Gasteiger partial charge in [0.25, 0.3) is 6.29 Å². The summed E-state index contributed by atoms with van der Waals surface area (Å²) in [6.45, 7) is 3.18. The largest absolute Gasteiger partial charge is 0.463 e. The molecule has 0 N–H and O–H groups in total. The van der Waals surface area contributed by atoms with Crippen molar-refractivity contribution in [2.75, 3.05) is 7.11 Å². The SMILES string of the molecule is COC(=O)C1=CC2C(C(C)=O)=C(C)OC2O1. The van der Waals surface area contributed by atoms with Crippen LogP contribution in [0, 0.1) is 5.92 Å². The van der Waals surface area contributed by atoms with Crippen molar-refractivity contribution in [3.05, 3.63) is 23.2 Å². The lowest BCUT2D eigenvalue weighted by atomic mass is 9.97. The number of ketones is 1. The minimum absolute atomic E-state index is 0.0732. The number of fused-ring (bicyclic) bond motifs is 1. The van der Waals surface area contributed by atoms with Crippen LogP contribution >= 0.6 is 0 Å². The van der Waals surface area contributed by atoms with Gasteiger partial charge >= 0.3 is 5.97 Å². The summed E-state index contributed by atoms with van der Waals surface area (Å²) < 4.78 is 15.2. The highest BCUT2D eigenvalue weighted by atomic mass is 16.7. The van der Waals surface area contributed by atoms with Crippen LogP contribution in [0.2, 0.25) is 0 Å². The van der Waals surface area contributed by atoms with E-state index in [4.69, 9.17) is 9.47 Å². The van der Waals surface area contributed by atoms with E-state index in [9.17, 15) is 9.59 Å². The third-order valence-electron chi connectivity index (χ3n) is 2.64. The average Bonchev–Trinajstić information content (AvgIpc) is 2.71. The molecule has 0 bridgehead atoms. The maximum atomic E-state index is 11.4. The molecule has 0 aromatic rings. The van der Waals surface area contributed by atoms with E-state index in [1.54, 1.807) is 13.0 Å². The van der Waals surface area contributed by atoms with Crippen LogP contribution in [0.1, 0.15) is 13.8 Å². The van der Waals surface area contributed by atoms with Gasteiger partial charge in [-0.1, -0.05) is 0 Å². The Morgan fingerprint density at radius 1 is 1.38 bits per heavy atom. The van der Waals surface area contributed by atoms with Gasteiger partial charge in [-0.2, -0.15) is 0 Å². The lowest BCUT2D eigenvalue weighted by molar-refractivity contribution is -0.145. The third kappa shape index (κ3) is 1.48. The third-order valence-corrected chi connectivity index (χ3v) is 2.64. The van der Waals surface area contributed by atoms with Crippen LogP contribution in [0.3, 0.4) is 0 Å². The van der Waals surface area contributed by atoms with E-state index in [0.717, 1.165) is 0 Å². The van der Waals surface area contributed by atoms with Crippen LogP contribution in [0.25, 0.3) is 0 Å². The van der Waals surface area contributed by atoms with Crippen LogP contribution in [-0.2, 0) is 23.8 Å². The Kier molecular flexibility index (Phi) is 2.46. The highest BCUT2D eigenvalue weighted by Crippen LogP contribution is 2.39. The van der Waals surface area contributed by atoms with Gasteiger partial charge in [-0.15, -0.1) is 0 Å². The molecule has 2 rings (SSSR count). The summed E-state index contributed by atoms with van der Waals surface area (Å²) in [4.78, 5) is 22.6. The summed E-state index contributed by atoms with van der Waals surface area (Å²) in [6.07, 6.45) is 0.969. The number of ether oxygens (including phenoxy) is 3. The Balaban J connectivity index is 2.28. The number of carbonyl (C=O) groups excluding carboxylic acids is 2. The molecule has 0 spiro atoms. The summed E-state index contributed by atoms with van der Waals surface area (Å²) in [6, 6.07) is 0. The second kappa shape index (κ2) is 3.66. The van der Waals surface area contributed by atoms with Gasteiger partial charge < -0.3 is 14.2 Å². The smallest absolute Gasteiger partial charge is 0.373 e. The number of Topliss-reactive ketones (excluding diaryl/α,β-unsaturated/α-hetero) is 1. The zero-order valence-electron chi connectivity index (χ0n) is 9.27. The van der Waals surface area contributed by atoms with Crippen LogP contribution in [0.4, 0.5) is 0 Å². The molecule has 0 saturated carbocycles. The second-order valence-corrected chi connectivity index (χ2v) is 3.68. The van der Waals surface area contributed by atoms with Crippen LogP contribution in [0.5, 0.6) is 0 Å². The zero-order chi connectivity index (χ0) is 11.9. The van der Waals surface area contributed by atoms with Gasteiger partial charge in [-0.25, -0.2) is 4.79 Å². The van der Waals surface area contributed by atoms with E-state index < -0.39 is 12.3 Å². The van der Waals surface area contributed by atoms with E-state index in [0.29, 0.717) is 11.3 Å². The predicted octanol–water partition coefficient (Wildman–Crippen LogP) is 0.909. The van der Waals surface area contributed by atoms with E-state index in [-0.39, 0.29) is 17.5 Å². The number of methoxy groups -OCH3 is 1. The number of esters is 1. The molecule has 2 atom stereocenters. The van der Waals surface area contributed by atoms with Crippen molar-refractivity contribution in [1.82, 2.24) is 0 Å². The summed E-state index contributed by atoms with van der Waals surface area (Å²) in [5.74, 6) is -0.271. The normalized spacial score (nSPS) is 26.8. The molecule has 2 aliphatic rings. The Morgan fingerprint density at radius 2 is 2.06 bits per heavy atom. The topological polar surface area (TPSA) is 61.8 Å². The highest BCUT2D eigenvalue weighted by Gasteiger charge is 2.43. The van der Waals surface area contributed by atoms with Crippen molar-refractivity contribution in [2.45, 2.75) is 20.1 Å². The molecule has 16 heavy (non-hydrogen) atoms. The maximum Gasteiger partial charge on any atom is 0.373 e. The van der Waals surface area contributed by atoms with Gasteiger partial charge in [-0.05, 0) is 19.9 Å². The molecule has 0 aliphatic carbocycles. The van der Waals surface area contributed by atoms with Crippen LogP contribution in [0.15, 0.2) is 23.2 Å². The van der Waals surface area contributed by atoms with Crippen molar-refractivity contribution in [3.8, 4) is 0 Å². The van der Waals surface area contributed by atoms with Crippen molar-refractivity contribution in [2.24, 2.45) is 5.92 Å². The first-order chi connectivity index (χ1) is 7.54. The molecule has 86 valence electrons. The Bertz CT molecular complexity index is 418. The van der Waals surface area contributed by atoms with E-state index in [1.807, 2.05) is 0 Å². The molecule has 0 aromatic heterocycles. The summed E-state index contributed by atoms with van der Waals surface area (Å²) >= 11 is 0. The first kappa shape index (κ1) is 10.7. The molecular formula is C11H12O5. The Hall–Kier alpha value is -1.78. The fraction of sp³-hybridized carbons (Fsp3) is 0.455. The van der Waals surface area contributed by atoms with Crippen LogP contribution in [-0.4, -0.2) is 25.2 Å². The predicted molar refractivity (Wildman–Crippen MR) is 52.9 cm³/mol. The lowest BCUT2D eigenvalue weighted by Crippen LogP contribution is -2.17. The molecule has 0 radical (unpaired) electrons. The van der Waals surface area contributed by atoms with Gasteiger partial charge in [0.15, 0.2) is 5.78 Å². The Morgan fingerprint density at radius 3 is 2.62 bits per heavy atom. The minimum atomic E-state index is -0.604. The van der Waals surface area contributed by atoms with Gasteiger partial charge in [-0.3, -0.25) is 4.79 Å². The molecule has 5 nitrogen and oxygen atoms in total. The minimum Gasteiger partial charge on any atom is -0.463 e. The average molecular weight is 224 g/mol. The number of allylic oxidation sites excluding steroid dienone is 1. The zero-order valence-corrected chi connectivity index (χ0v) is 9.27. The molecular weight excluding hydrogens is 212 g/mol. The highest BCUT2D eigenvalue weighted by molar-refractivity contribution is 5.96. The number of carbonyl (C=O) groups is 2. The molecule has 0 fully saturated rings. The quantitative estimate of drug-likeness (QED) is 0.652. The fourth-order valence-electron chi connectivity index (χ4n) is 1.97. The standard InChI is InChI=1S/C11H12O5/c1-5(12)9-6(2)15-11-7(9)4-8(16-11)10(13)14-3/h4,7,11H,1-3H3. The first-order valence-electron chi connectivity index (χ1n) is 4.89.